The third-order valence-corrected chi connectivity index (χ3v) is 4.34. The van der Waals surface area contributed by atoms with Crippen molar-refractivity contribution in [2.75, 3.05) is 5.32 Å². The molecule has 4 nitrogen and oxygen atoms in total. The molecule has 2 aromatic carbocycles. The number of nitrogens with zero attached hydrogens (tertiary/aromatic N) is 1. The predicted molar refractivity (Wildman–Crippen MR) is 103 cm³/mol. The fraction of sp³-hybridized carbons (Fsp3) is 0.136. The molecule has 0 aliphatic heterocycles. The summed E-state index contributed by atoms with van der Waals surface area (Å²) in [6.07, 6.45) is -1.54. The highest BCUT2D eigenvalue weighted by Gasteiger charge is 2.30. The van der Waals surface area contributed by atoms with Gasteiger partial charge in [-0.25, -0.2) is 0 Å². The summed E-state index contributed by atoms with van der Waals surface area (Å²) in [6, 6.07) is 12.7. The molecule has 3 rings (SSSR count). The van der Waals surface area contributed by atoms with E-state index in [0.717, 1.165) is 12.1 Å². The molecule has 3 aromatic rings. The Bertz CT molecular complexity index is 1050. The number of aryl methyl sites for hydroxylation is 1. The first-order valence-corrected chi connectivity index (χ1v) is 8.75. The maximum atomic E-state index is 12.9. The van der Waals surface area contributed by atoms with Gasteiger partial charge < -0.3 is 5.32 Å². The van der Waals surface area contributed by atoms with Gasteiger partial charge in [-0.3, -0.25) is 14.6 Å². The first-order valence-electron chi connectivity index (χ1n) is 8.75. The number of alkyl halides is 3. The molecule has 0 aliphatic rings. The van der Waals surface area contributed by atoms with Crippen LogP contribution in [-0.4, -0.2) is 16.7 Å². The fourth-order valence-corrected chi connectivity index (χ4v) is 2.82. The summed E-state index contributed by atoms with van der Waals surface area (Å²) in [7, 11) is 0. The average molecular weight is 398 g/mol. The molecule has 0 fully saturated rings. The van der Waals surface area contributed by atoms with E-state index in [1.165, 1.54) is 18.3 Å². The number of halogens is 3. The predicted octanol–water partition coefficient (Wildman–Crippen LogP) is 5.09. The number of pyridine rings is 1. The summed E-state index contributed by atoms with van der Waals surface area (Å²) >= 11 is 0. The van der Waals surface area contributed by atoms with Crippen LogP contribution >= 0.6 is 0 Å². The first kappa shape index (κ1) is 20.3. The highest BCUT2D eigenvalue weighted by atomic mass is 19.4. The number of ketones is 1. The zero-order chi connectivity index (χ0) is 21.0. The highest BCUT2D eigenvalue weighted by molar-refractivity contribution is 6.05. The van der Waals surface area contributed by atoms with E-state index >= 15 is 0 Å². The monoisotopic (exact) mass is 398 g/mol. The molecule has 29 heavy (non-hydrogen) atoms. The molecule has 148 valence electrons. The van der Waals surface area contributed by atoms with Gasteiger partial charge in [-0.1, -0.05) is 24.3 Å². The van der Waals surface area contributed by atoms with Crippen LogP contribution in [0, 0.1) is 6.92 Å². The van der Waals surface area contributed by atoms with E-state index in [1.807, 2.05) is 0 Å². The number of carbonyl (C=O) groups is 2. The fourth-order valence-electron chi connectivity index (χ4n) is 2.82. The average Bonchev–Trinajstić information content (AvgIpc) is 2.69. The van der Waals surface area contributed by atoms with Gasteiger partial charge in [0.2, 0.25) is 0 Å². The lowest BCUT2D eigenvalue weighted by atomic mass is 9.97. The number of aromatic nitrogens is 1. The molecule has 1 aromatic heterocycles. The van der Waals surface area contributed by atoms with Crippen molar-refractivity contribution in [1.82, 2.24) is 4.98 Å². The summed E-state index contributed by atoms with van der Waals surface area (Å²) in [4.78, 5) is 29.0. The normalized spacial score (nSPS) is 11.2. The SMILES string of the molecule is Cc1ccc(CC(=O)c2cccc(C(F)(F)F)c2)cc1C(=O)Nc1cccnc1. The largest absolute Gasteiger partial charge is 0.416 e. The Balaban J connectivity index is 1.79. The Morgan fingerprint density at radius 2 is 1.83 bits per heavy atom. The molecule has 0 atom stereocenters. The standard InChI is InChI=1S/C22H17F3N2O2/c1-14-7-8-15(10-19(14)21(29)27-18-6-3-9-26-13-18)11-20(28)16-4-2-5-17(12-16)22(23,24)25/h2-10,12-13H,11H2,1H3,(H,27,29). The zero-order valence-corrected chi connectivity index (χ0v) is 15.5. The molecule has 7 heteroatoms. The minimum Gasteiger partial charge on any atom is -0.321 e. The van der Waals surface area contributed by atoms with Crippen LogP contribution in [0.15, 0.2) is 67.0 Å². The number of benzene rings is 2. The van der Waals surface area contributed by atoms with E-state index in [0.29, 0.717) is 22.4 Å². The van der Waals surface area contributed by atoms with E-state index in [2.05, 4.69) is 10.3 Å². The van der Waals surface area contributed by atoms with Crippen molar-refractivity contribution in [3.05, 3.63) is 94.8 Å². The molecule has 1 N–H and O–H groups in total. The number of anilines is 1. The van der Waals surface area contributed by atoms with Gasteiger partial charge in [-0.15, -0.1) is 0 Å². The number of hydrogen-bond donors (Lipinski definition) is 1. The van der Waals surface area contributed by atoms with Gasteiger partial charge in [-0.05, 0) is 48.4 Å². The maximum absolute atomic E-state index is 12.9. The van der Waals surface area contributed by atoms with Gasteiger partial charge in [0.1, 0.15) is 0 Å². The number of hydrogen-bond acceptors (Lipinski definition) is 3. The van der Waals surface area contributed by atoms with E-state index < -0.39 is 17.5 Å². The van der Waals surface area contributed by atoms with Gasteiger partial charge in [0.15, 0.2) is 5.78 Å². The van der Waals surface area contributed by atoms with Crippen molar-refractivity contribution >= 4 is 17.4 Å². The minimum atomic E-state index is -4.52. The van der Waals surface area contributed by atoms with Gasteiger partial charge in [-0.2, -0.15) is 13.2 Å². The van der Waals surface area contributed by atoms with Crippen LogP contribution in [-0.2, 0) is 12.6 Å². The first-order chi connectivity index (χ1) is 13.7. The molecule has 1 heterocycles. The Kier molecular flexibility index (Phi) is 5.77. The van der Waals surface area contributed by atoms with Gasteiger partial charge in [0, 0.05) is 23.7 Å². The molecule has 0 bridgehead atoms. The molecule has 0 unspecified atom stereocenters. The second-order valence-electron chi connectivity index (χ2n) is 6.52. The number of nitrogens with one attached hydrogen (secondary N) is 1. The molecule has 0 spiro atoms. The maximum Gasteiger partial charge on any atom is 0.416 e. The summed E-state index contributed by atoms with van der Waals surface area (Å²) in [5.41, 5.74) is 1.26. The number of carbonyl (C=O) groups excluding carboxylic acids is 2. The van der Waals surface area contributed by atoms with Crippen LogP contribution in [0.3, 0.4) is 0 Å². The third kappa shape index (κ3) is 5.07. The summed E-state index contributed by atoms with van der Waals surface area (Å²) < 4.78 is 38.6. The van der Waals surface area contributed by atoms with Crippen molar-refractivity contribution in [2.45, 2.75) is 19.5 Å². The van der Waals surface area contributed by atoms with Crippen molar-refractivity contribution in [3.8, 4) is 0 Å². The molecule has 1 amide bonds. The van der Waals surface area contributed by atoms with Crippen LogP contribution in [0.25, 0.3) is 0 Å². The van der Waals surface area contributed by atoms with Crippen LogP contribution < -0.4 is 5.32 Å². The number of rotatable bonds is 5. The minimum absolute atomic E-state index is 0.0261. The summed E-state index contributed by atoms with van der Waals surface area (Å²) in [5, 5.41) is 2.72. The van der Waals surface area contributed by atoms with E-state index in [9.17, 15) is 22.8 Å². The van der Waals surface area contributed by atoms with Crippen LogP contribution in [0.2, 0.25) is 0 Å². The molecule has 0 radical (unpaired) electrons. The second-order valence-corrected chi connectivity index (χ2v) is 6.52. The van der Waals surface area contributed by atoms with E-state index in [1.54, 1.807) is 43.5 Å². The molecular formula is C22H17F3N2O2. The quantitative estimate of drug-likeness (QED) is 0.610. The van der Waals surface area contributed by atoms with Crippen molar-refractivity contribution < 1.29 is 22.8 Å². The lowest BCUT2D eigenvalue weighted by molar-refractivity contribution is -0.137. The lowest BCUT2D eigenvalue weighted by Gasteiger charge is -2.11. The number of amides is 1. The molecule has 0 aliphatic carbocycles. The Morgan fingerprint density at radius 3 is 2.52 bits per heavy atom. The third-order valence-electron chi connectivity index (χ3n) is 4.34. The number of Topliss-reactive ketones (excluding diaryl/α,β-unsaturated/α-hetero) is 1. The Labute approximate surface area is 165 Å². The van der Waals surface area contributed by atoms with Crippen LogP contribution in [0.5, 0.6) is 0 Å². The van der Waals surface area contributed by atoms with Crippen molar-refractivity contribution in [3.63, 3.8) is 0 Å². The van der Waals surface area contributed by atoms with Crippen molar-refractivity contribution in [2.24, 2.45) is 0 Å². The van der Waals surface area contributed by atoms with Crippen LogP contribution in [0.1, 0.15) is 37.4 Å². The zero-order valence-electron chi connectivity index (χ0n) is 15.5. The van der Waals surface area contributed by atoms with Gasteiger partial charge in [0.05, 0.1) is 17.4 Å². The molecule has 0 saturated heterocycles. The molecule has 0 saturated carbocycles. The van der Waals surface area contributed by atoms with Crippen LogP contribution in [0.4, 0.5) is 18.9 Å². The van der Waals surface area contributed by atoms with Crippen molar-refractivity contribution in [1.29, 1.82) is 0 Å². The van der Waals surface area contributed by atoms with E-state index in [-0.39, 0.29) is 17.9 Å². The Hall–Kier alpha value is -3.48. The van der Waals surface area contributed by atoms with E-state index in [4.69, 9.17) is 0 Å². The summed E-state index contributed by atoms with van der Waals surface area (Å²) in [6.45, 7) is 1.76. The topological polar surface area (TPSA) is 59.1 Å². The molecular weight excluding hydrogens is 381 g/mol. The Morgan fingerprint density at radius 1 is 1.03 bits per heavy atom. The highest BCUT2D eigenvalue weighted by Crippen LogP contribution is 2.29. The van der Waals surface area contributed by atoms with Gasteiger partial charge >= 0.3 is 6.18 Å². The van der Waals surface area contributed by atoms with Gasteiger partial charge in [0.25, 0.3) is 5.91 Å². The lowest BCUT2D eigenvalue weighted by Crippen LogP contribution is -2.14. The summed E-state index contributed by atoms with van der Waals surface area (Å²) in [5.74, 6) is -0.817. The second kappa shape index (κ2) is 8.26. The smallest absolute Gasteiger partial charge is 0.321 e.